The summed E-state index contributed by atoms with van der Waals surface area (Å²) in [6.45, 7) is 1.80. The van der Waals surface area contributed by atoms with Gasteiger partial charge in [0.1, 0.15) is 5.76 Å². The number of aryl methyl sites for hydroxylation is 1. The molecule has 0 saturated carbocycles. The third kappa shape index (κ3) is 3.29. The van der Waals surface area contributed by atoms with Crippen LogP contribution in [0.25, 0.3) is 0 Å². The minimum Gasteiger partial charge on any atom is -0.463 e. The summed E-state index contributed by atoms with van der Waals surface area (Å²) in [6, 6.07) is 7.13. The Labute approximate surface area is 126 Å². The second-order valence-electron chi connectivity index (χ2n) is 4.19. The van der Waals surface area contributed by atoms with Crippen LogP contribution in [0.4, 0.5) is 5.69 Å². The predicted molar refractivity (Wildman–Crippen MR) is 80.2 cm³/mol. The van der Waals surface area contributed by atoms with Crippen LogP contribution in [0.15, 0.2) is 33.6 Å². The molecule has 1 heterocycles. The van der Waals surface area contributed by atoms with Crippen molar-refractivity contribution in [3.05, 3.63) is 46.4 Å². The monoisotopic (exact) mass is 311 g/mol. The average Bonchev–Trinajstić information content (AvgIpc) is 2.80. The van der Waals surface area contributed by atoms with E-state index in [2.05, 4.69) is 4.74 Å². The first-order valence-corrected chi connectivity index (χ1v) is 7.23. The lowest BCUT2D eigenvalue weighted by molar-refractivity contribution is 0.0562. The first kappa shape index (κ1) is 14.8. The summed E-state index contributed by atoms with van der Waals surface area (Å²) in [6.07, 6.45) is 0. The van der Waals surface area contributed by atoms with Gasteiger partial charge in [0.25, 0.3) is 0 Å². The molecule has 2 aromatic rings. The van der Waals surface area contributed by atoms with Gasteiger partial charge in [0.2, 0.25) is 5.76 Å². The first-order valence-electron chi connectivity index (χ1n) is 5.86. The standard InChI is InChI=1S/C14H14ClNO3S/c1-8-5-10(19-13(8)14(17)18-2)7-20-12-6-9(15)3-4-11(12)16/h3-6H,7,16H2,1-2H3. The van der Waals surface area contributed by atoms with Crippen LogP contribution in [0.3, 0.4) is 0 Å². The molecule has 2 N–H and O–H groups in total. The zero-order valence-electron chi connectivity index (χ0n) is 11.1. The van der Waals surface area contributed by atoms with Gasteiger partial charge in [-0.05, 0) is 31.2 Å². The van der Waals surface area contributed by atoms with Crippen molar-refractivity contribution in [3.63, 3.8) is 0 Å². The van der Waals surface area contributed by atoms with Gasteiger partial charge in [0.05, 0.1) is 12.9 Å². The number of hydrogen-bond acceptors (Lipinski definition) is 5. The molecule has 0 aliphatic carbocycles. The number of benzene rings is 1. The zero-order valence-corrected chi connectivity index (χ0v) is 12.7. The molecule has 0 aliphatic heterocycles. The van der Waals surface area contributed by atoms with Crippen LogP contribution < -0.4 is 5.73 Å². The molecule has 2 rings (SSSR count). The predicted octanol–water partition coefficient (Wildman–Crippen LogP) is 3.90. The Morgan fingerprint density at radius 2 is 2.20 bits per heavy atom. The molecule has 0 bridgehead atoms. The first-order chi connectivity index (χ1) is 9.51. The summed E-state index contributed by atoms with van der Waals surface area (Å²) < 4.78 is 10.1. The van der Waals surface area contributed by atoms with Crippen LogP contribution in [0.2, 0.25) is 5.02 Å². The number of carbonyl (C=O) groups excluding carboxylic acids is 1. The number of methoxy groups -OCH3 is 1. The normalized spacial score (nSPS) is 10.6. The maximum absolute atomic E-state index is 11.5. The molecule has 0 spiro atoms. The largest absolute Gasteiger partial charge is 0.463 e. The molecule has 106 valence electrons. The Balaban J connectivity index is 2.11. The third-order valence-corrected chi connectivity index (χ3v) is 4.01. The summed E-state index contributed by atoms with van der Waals surface area (Å²) in [4.78, 5) is 12.3. The van der Waals surface area contributed by atoms with E-state index in [1.807, 2.05) is 6.07 Å². The minimum absolute atomic E-state index is 0.238. The summed E-state index contributed by atoms with van der Waals surface area (Å²) >= 11 is 7.44. The van der Waals surface area contributed by atoms with E-state index in [4.69, 9.17) is 21.8 Å². The lowest BCUT2D eigenvalue weighted by atomic mass is 10.3. The highest BCUT2D eigenvalue weighted by Gasteiger charge is 2.16. The SMILES string of the molecule is COC(=O)c1oc(CSc2cc(Cl)ccc2N)cc1C. The Bertz CT molecular complexity index is 639. The van der Waals surface area contributed by atoms with Gasteiger partial charge in [0.15, 0.2) is 0 Å². The lowest BCUT2D eigenvalue weighted by Gasteiger charge is -2.04. The second kappa shape index (κ2) is 6.24. The molecular formula is C14H14ClNO3S. The lowest BCUT2D eigenvalue weighted by Crippen LogP contribution is -2.00. The highest BCUT2D eigenvalue weighted by molar-refractivity contribution is 7.98. The van der Waals surface area contributed by atoms with Gasteiger partial charge < -0.3 is 14.9 Å². The number of furan rings is 1. The molecule has 0 saturated heterocycles. The van der Waals surface area contributed by atoms with E-state index in [0.29, 0.717) is 22.2 Å². The molecule has 0 atom stereocenters. The van der Waals surface area contributed by atoms with E-state index in [1.54, 1.807) is 25.1 Å². The van der Waals surface area contributed by atoms with E-state index in [0.717, 1.165) is 10.5 Å². The maximum Gasteiger partial charge on any atom is 0.374 e. The number of thioether (sulfide) groups is 1. The van der Waals surface area contributed by atoms with Gasteiger partial charge in [-0.15, -0.1) is 11.8 Å². The fourth-order valence-corrected chi connectivity index (χ4v) is 2.82. The van der Waals surface area contributed by atoms with E-state index < -0.39 is 5.97 Å². The third-order valence-electron chi connectivity index (χ3n) is 2.69. The summed E-state index contributed by atoms with van der Waals surface area (Å²) in [7, 11) is 1.32. The number of anilines is 1. The second-order valence-corrected chi connectivity index (χ2v) is 5.64. The van der Waals surface area contributed by atoms with E-state index in [9.17, 15) is 4.79 Å². The molecule has 0 amide bonds. The Kier molecular flexibility index (Phi) is 4.62. The summed E-state index contributed by atoms with van der Waals surface area (Å²) in [5.41, 5.74) is 7.29. The van der Waals surface area contributed by atoms with Crippen molar-refractivity contribution in [1.82, 2.24) is 0 Å². The molecule has 6 heteroatoms. The number of rotatable bonds is 4. The van der Waals surface area contributed by atoms with Crippen LogP contribution in [0, 0.1) is 6.92 Å². The quantitative estimate of drug-likeness (QED) is 0.527. The van der Waals surface area contributed by atoms with Gasteiger partial charge in [0, 0.05) is 21.2 Å². The molecule has 1 aromatic carbocycles. The highest BCUT2D eigenvalue weighted by atomic mass is 35.5. The van der Waals surface area contributed by atoms with Crippen molar-refractivity contribution < 1.29 is 13.9 Å². The minimum atomic E-state index is -0.471. The molecule has 4 nitrogen and oxygen atoms in total. The number of ether oxygens (including phenoxy) is 1. The Morgan fingerprint density at radius 1 is 1.45 bits per heavy atom. The van der Waals surface area contributed by atoms with Crippen molar-refractivity contribution in [2.24, 2.45) is 0 Å². The van der Waals surface area contributed by atoms with Gasteiger partial charge >= 0.3 is 5.97 Å². The summed E-state index contributed by atoms with van der Waals surface area (Å²) in [5.74, 6) is 1.01. The molecule has 20 heavy (non-hydrogen) atoms. The molecule has 1 aromatic heterocycles. The summed E-state index contributed by atoms with van der Waals surface area (Å²) in [5, 5.41) is 0.632. The number of nitrogen functional groups attached to an aromatic ring is 1. The van der Waals surface area contributed by atoms with Crippen molar-refractivity contribution in [1.29, 1.82) is 0 Å². The molecule has 0 radical (unpaired) electrons. The number of hydrogen-bond donors (Lipinski definition) is 1. The van der Waals surface area contributed by atoms with Gasteiger partial charge in [-0.25, -0.2) is 4.79 Å². The van der Waals surface area contributed by atoms with Crippen LogP contribution in [0.5, 0.6) is 0 Å². The number of halogens is 1. The smallest absolute Gasteiger partial charge is 0.374 e. The molecule has 0 unspecified atom stereocenters. The van der Waals surface area contributed by atoms with E-state index in [-0.39, 0.29) is 5.76 Å². The van der Waals surface area contributed by atoms with Crippen LogP contribution in [-0.2, 0) is 10.5 Å². The van der Waals surface area contributed by atoms with Crippen LogP contribution in [0.1, 0.15) is 21.9 Å². The highest BCUT2D eigenvalue weighted by Crippen LogP contribution is 2.31. The van der Waals surface area contributed by atoms with Crippen LogP contribution in [-0.4, -0.2) is 13.1 Å². The van der Waals surface area contributed by atoms with Gasteiger partial charge in [-0.3, -0.25) is 0 Å². The van der Waals surface area contributed by atoms with Gasteiger partial charge in [-0.2, -0.15) is 0 Å². The van der Waals surface area contributed by atoms with E-state index in [1.165, 1.54) is 18.9 Å². The molecular weight excluding hydrogens is 298 g/mol. The topological polar surface area (TPSA) is 65.5 Å². The van der Waals surface area contributed by atoms with Gasteiger partial charge in [-0.1, -0.05) is 11.6 Å². The van der Waals surface area contributed by atoms with Crippen molar-refractivity contribution in [2.75, 3.05) is 12.8 Å². The van der Waals surface area contributed by atoms with Crippen molar-refractivity contribution >= 4 is 35.0 Å². The number of carbonyl (C=O) groups is 1. The maximum atomic E-state index is 11.5. The number of nitrogens with two attached hydrogens (primary N) is 1. The Morgan fingerprint density at radius 3 is 2.90 bits per heavy atom. The molecule has 0 fully saturated rings. The number of esters is 1. The average molecular weight is 312 g/mol. The zero-order chi connectivity index (χ0) is 14.7. The van der Waals surface area contributed by atoms with Crippen LogP contribution >= 0.6 is 23.4 Å². The fourth-order valence-electron chi connectivity index (χ4n) is 1.70. The van der Waals surface area contributed by atoms with Crippen molar-refractivity contribution in [3.8, 4) is 0 Å². The molecule has 0 aliphatic rings. The fraction of sp³-hybridized carbons (Fsp3) is 0.214. The Hall–Kier alpha value is -1.59. The van der Waals surface area contributed by atoms with Crippen molar-refractivity contribution in [2.45, 2.75) is 17.6 Å². The van der Waals surface area contributed by atoms with E-state index >= 15 is 0 Å².